The zero-order valence-corrected chi connectivity index (χ0v) is 19.1. The van der Waals surface area contributed by atoms with Crippen LogP contribution in [0.2, 0.25) is 5.02 Å². The molecule has 0 saturated carbocycles. The fraction of sp³-hybridized carbons (Fsp3) is 0.435. The molecule has 0 amide bonds. The number of fused-ring (bicyclic) bond motifs is 1. The number of aliphatic hydroxyl groups is 1. The minimum absolute atomic E-state index is 0.0226. The molecule has 0 fully saturated rings. The maximum atomic E-state index is 13.1. The number of halogens is 4. The number of imidazole rings is 1. The second kappa shape index (κ2) is 9.69. The number of alkyl halides is 3. The first-order valence-corrected chi connectivity index (χ1v) is 10.9. The first kappa shape index (κ1) is 25.0. The minimum Gasteiger partial charge on any atom is -0.390 e. The Morgan fingerprint density at radius 2 is 1.79 bits per heavy atom. The van der Waals surface area contributed by atoms with E-state index in [-0.39, 0.29) is 49.4 Å². The standard InChI is InChI=1S/C23H25ClF3N3O3/c1-22(2,33)10-8-18(31)12-16-13-29(11-3-9-23(25,26)27)21-28-19(14-30(21)20(16)32)15-4-6-17(24)7-5-15/h4-7,13-14,33H,3,8-12H2,1-2H3. The SMILES string of the molecule is CC(C)(O)CCC(=O)Cc1cn(CCCC(F)(F)F)c2nc(-c3ccc(Cl)cc3)cn2c1=O. The third kappa shape index (κ3) is 6.91. The number of carbonyl (C=O) groups excluding carboxylic acids is 1. The third-order valence-corrected chi connectivity index (χ3v) is 5.40. The zero-order chi connectivity index (χ0) is 24.4. The van der Waals surface area contributed by atoms with Crippen molar-refractivity contribution in [2.24, 2.45) is 0 Å². The highest BCUT2D eigenvalue weighted by atomic mass is 35.5. The number of aryl methyl sites for hydroxylation is 1. The second-order valence-electron chi connectivity index (χ2n) is 8.70. The monoisotopic (exact) mass is 483 g/mol. The van der Waals surface area contributed by atoms with Gasteiger partial charge in [-0.1, -0.05) is 23.7 Å². The summed E-state index contributed by atoms with van der Waals surface area (Å²) in [6.07, 6.45) is -2.42. The second-order valence-corrected chi connectivity index (χ2v) is 9.14. The lowest BCUT2D eigenvalue weighted by Crippen LogP contribution is -2.25. The predicted molar refractivity (Wildman–Crippen MR) is 119 cm³/mol. The lowest BCUT2D eigenvalue weighted by molar-refractivity contribution is -0.135. The van der Waals surface area contributed by atoms with Gasteiger partial charge in [-0.3, -0.25) is 14.0 Å². The van der Waals surface area contributed by atoms with E-state index < -0.39 is 23.8 Å². The highest BCUT2D eigenvalue weighted by molar-refractivity contribution is 6.30. The first-order valence-electron chi connectivity index (χ1n) is 10.5. The van der Waals surface area contributed by atoms with Crippen LogP contribution in [0.3, 0.4) is 0 Å². The van der Waals surface area contributed by atoms with Crippen LogP contribution in [0.4, 0.5) is 13.2 Å². The first-order chi connectivity index (χ1) is 15.3. The van der Waals surface area contributed by atoms with Gasteiger partial charge >= 0.3 is 6.18 Å². The molecule has 1 N–H and O–H groups in total. The Bertz CT molecular complexity index is 1190. The van der Waals surface area contributed by atoms with Crippen LogP contribution < -0.4 is 5.56 Å². The number of benzene rings is 1. The number of ketones is 1. The summed E-state index contributed by atoms with van der Waals surface area (Å²) in [6, 6.07) is 6.79. The van der Waals surface area contributed by atoms with Crippen molar-refractivity contribution in [2.45, 2.75) is 64.3 Å². The largest absolute Gasteiger partial charge is 0.390 e. The predicted octanol–water partition coefficient (Wildman–Crippen LogP) is 4.82. The van der Waals surface area contributed by atoms with E-state index in [4.69, 9.17) is 11.6 Å². The van der Waals surface area contributed by atoms with Gasteiger partial charge in [-0.25, -0.2) is 4.98 Å². The van der Waals surface area contributed by atoms with Crippen LogP contribution >= 0.6 is 11.6 Å². The summed E-state index contributed by atoms with van der Waals surface area (Å²) in [5.74, 6) is -0.0479. The summed E-state index contributed by atoms with van der Waals surface area (Å²) >= 11 is 5.93. The Morgan fingerprint density at radius 1 is 1.12 bits per heavy atom. The quantitative estimate of drug-likeness (QED) is 0.473. The molecule has 10 heteroatoms. The summed E-state index contributed by atoms with van der Waals surface area (Å²) in [5, 5.41) is 10.4. The average Bonchev–Trinajstić information content (AvgIpc) is 3.15. The Morgan fingerprint density at radius 3 is 2.39 bits per heavy atom. The Labute approximate surface area is 193 Å². The molecule has 0 aliphatic carbocycles. The van der Waals surface area contributed by atoms with E-state index in [0.717, 1.165) is 0 Å². The van der Waals surface area contributed by atoms with Crippen LogP contribution in [-0.4, -0.2) is 36.6 Å². The Kier molecular flexibility index (Phi) is 7.33. The molecule has 0 aliphatic rings. The van der Waals surface area contributed by atoms with Crippen LogP contribution in [0.1, 0.15) is 45.1 Å². The van der Waals surface area contributed by atoms with Crippen molar-refractivity contribution in [2.75, 3.05) is 0 Å². The van der Waals surface area contributed by atoms with Gasteiger partial charge in [0.25, 0.3) is 5.56 Å². The molecular weight excluding hydrogens is 459 g/mol. The maximum absolute atomic E-state index is 13.1. The van der Waals surface area contributed by atoms with Gasteiger partial charge in [-0.15, -0.1) is 0 Å². The van der Waals surface area contributed by atoms with Gasteiger partial charge in [0.15, 0.2) is 0 Å². The smallest absolute Gasteiger partial charge is 0.389 e. The van der Waals surface area contributed by atoms with Gasteiger partial charge in [0.05, 0.1) is 11.3 Å². The topological polar surface area (TPSA) is 76.6 Å². The summed E-state index contributed by atoms with van der Waals surface area (Å²) in [5.41, 5.74) is -0.169. The number of hydrogen-bond donors (Lipinski definition) is 1. The highest BCUT2D eigenvalue weighted by Crippen LogP contribution is 2.24. The van der Waals surface area contributed by atoms with E-state index in [0.29, 0.717) is 16.3 Å². The van der Waals surface area contributed by atoms with Gasteiger partial charge < -0.3 is 9.67 Å². The summed E-state index contributed by atoms with van der Waals surface area (Å²) in [7, 11) is 0. The molecule has 0 unspecified atom stereocenters. The molecule has 2 aromatic heterocycles. The molecule has 3 aromatic rings. The molecule has 0 atom stereocenters. The van der Waals surface area contributed by atoms with Gasteiger partial charge in [-0.05, 0) is 38.8 Å². The molecule has 3 rings (SSSR count). The van der Waals surface area contributed by atoms with E-state index >= 15 is 0 Å². The summed E-state index contributed by atoms with van der Waals surface area (Å²) in [4.78, 5) is 29.9. The fourth-order valence-corrected chi connectivity index (χ4v) is 3.55. The van der Waals surface area contributed by atoms with Crippen molar-refractivity contribution in [1.29, 1.82) is 0 Å². The average molecular weight is 484 g/mol. The summed E-state index contributed by atoms with van der Waals surface area (Å²) in [6.45, 7) is 3.15. The molecule has 0 aliphatic heterocycles. The van der Waals surface area contributed by atoms with Gasteiger partial charge in [0, 0.05) is 54.4 Å². The Hall–Kier alpha value is -2.65. The summed E-state index contributed by atoms with van der Waals surface area (Å²) < 4.78 is 40.7. The number of Topliss-reactive ketones (excluding diaryl/α,β-unsaturated/α-hetero) is 1. The van der Waals surface area contributed by atoms with Crippen molar-refractivity contribution in [3.8, 4) is 11.3 Å². The molecule has 178 valence electrons. The van der Waals surface area contributed by atoms with E-state index in [1.807, 2.05) is 0 Å². The van der Waals surface area contributed by atoms with E-state index in [2.05, 4.69) is 4.98 Å². The number of carbonyl (C=O) groups is 1. The fourth-order valence-electron chi connectivity index (χ4n) is 3.42. The lowest BCUT2D eigenvalue weighted by atomic mass is 9.99. The molecular formula is C23H25ClF3N3O3. The molecule has 33 heavy (non-hydrogen) atoms. The van der Waals surface area contributed by atoms with Crippen molar-refractivity contribution in [1.82, 2.24) is 14.0 Å². The third-order valence-electron chi connectivity index (χ3n) is 5.15. The molecule has 0 radical (unpaired) electrons. The van der Waals surface area contributed by atoms with Gasteiger partial charge in [0.2, 0.25) is 5.78 Å². The van der Waals surface area contributed by atoms with Crippen LogP contribution in [0.25, 0.3) is 17.0 Å². The minimum atomic E-state index is -4.30. The van der Waals surface area contributed by atoms with Crippen LogP contribution in [-0.2, 0) is 17.8 Å². The van der Waals surface area contributed by atoms with Gasteiger partial charge in [0.1, 0.15) is 5.78 Å². The number of rotatable bonds is 9. The van der Waals surface area contributed by atoms with Crippen molar-refractivity contribution in [3.05, 3.63) is 57.6 Å². The van der Waals surface area contributed by atoms with Gasteiger partial charge in [-0.2, -0.15) is 13.2 Å². The zero-order valence-electron chi connectivity index (χ0n) is 18.3. The normalized spacial score (nSPS) is 12.5. The van der Waals surface area contributed by atoms with E-state index in [1.54, 1.807) is 38.1 Å². The van der Waals surface area contributed by atoms with Crippen molar-refractivity contribution in [3.63, 3.8) is 0 Å². The van der Waals surface area contributed by atoms with E-state index in [1.165, 1.54) is 21.4 Å². The van der Waals surface area contributed by atoms with Crippen LogP contribution in [0.15, 0.2) is 41.5 Å². The number of nitrogens with zero attached hydrogens (tertiary/aromatic N) is 3. The molecule has 0 spiro atoms. The maximum Gasteiger partial charge on any atom is 0.389 e. The van der Waals surface area contributed by atoms with Crippen LogP contribution in [0, 0.1) is 0 Å². The molecule has 0 saturated heterocycles. The molecule has 0 bridgehead atoms. The Balaban J connectivity index is 1.98. The van der Waals surface area contributed by atoms with Crippen molar-refractivity contribution >= 4 is 23.2 Å². The molecule has 2 heterocycles. The van der Waals surface area contributed by atoms with Crippen LogP contribution in [0.5, 0.6) is 0 Å². The molecule has 6 nitrogen and oxygen atoms in total. The molecule has 1 aromatic carbocycles. The lowest BCUT2D eigenvalue weighted by Gasteiger charge is -2.16. The number of hydrogen-bond acceptors (Lipinski definition) is 4. The van der Waals surface area contributed by atoms with Crippen molar-refractivity contribution < 1.29 is 23.1 Å². The highest BCUT2D eigenvalue weighted by Gasteiger charge is 2.26. The number of aromatic nitrogens is 3. The van der Waals surface area contributed by atoms with E-state index in [9.17, 15) is 27.9 Å².